The van der Waals surface area contributed by atoms with Crippen molar-refractivity contribution in [2.75, 3.05) is 7.05 Å². The zero-order chi connectivity index (χ0) is 18.4. The summed E-state index contributed by atoms with van der Waals surface area (Å²) in [6.45, 7) is 8.80. The summed E-state index contributed by atoms with van der Waals surface area (Å²) in [5, 5.41) is 1.18. The lowest BCUT2D eigenvalue weighted by Crippen LogP contribution is -2.30. The second-order valence-corrected chi connectivity index (χ2v) is 8.82. The molecule has 0 amide bonds. The van der Waals surface area contributed by atoms with Crippen LogP contribution in [0, 0.1) is 13.8 Å². The Balaban J connectivity index is 2.23. The van der Waals surface area contributed by atoms with Crippen LogP contribution in [-0.2, 0) is 0 Å². The maximum absolute atomic E-state index is 4.88. The molecule has 138 valence electrons. The minimum atomic E-state index is 0.580. The molecule has 0 N–H and O–H groups in total. The van der Waals surface area contributed by atoms with Crippen LogP contribution in [0.1, 0.15) is 62.8 Å². The highest BCUT2D eigenvalue weighted by Crippen LogP contribution is 2.40. The van der Waals surface area contributed by atoms with Crippen molar-refractivity contribution in [2.45, 2.75) is 72.3 Å². The first-order chi connectivity index (χ1) is 12.0. The van der Waals surface area contributed by atoms with Gasteiger partial charge in [-0.2, -0.15) is 0 Å². The number of rotatable bonds is 9. The quantitative estimate of drug-likeness (QED) is 0.246. The van der Waals surface area contributed by atoms with E-state index in [9.17, 15) is 0 Å². The average molecular weight is 424 g/mol. The summed E-state index contributed by atoms with van der Waals surface area (Å²) in [5.41, 5.74) is 2.29. The van der Waals surface area contributed by atoms with Crippen molar-refractivity contribution in [3.05, 3.63) is 21.1 Å². The van der Waals surface area contributed by atoms with Crippen LogP contribution in [0.25, 0.3) is 10.2 Å². The Morgan fingerprint density at radius 1 is 1.24 bits per heavy atom. The van der Waals surface area contributed by atoms with Gasteiger partial charge in [-0.25, -0.2) is 9.98 Å². The SMILES string of the molecule is CCCCCC(CCC)N(C)C=Nc1c(C)sc2ncc(Br)c(C)c12. The maximum Gasteiger partial charge on any atom is 0.126 e. The minimum Gasteiger partial charge on any atom is -0.363 e. The third-order valence-corrected chi connectivity index (χ3v) is 6.57. The molecular weight excluding hydrogens is 394 g/mol. The molecule has 2 aromatic heterocycles. The number of thiophene rings is 1. The van der Waals surface area contributed by atoms with Crippen LogP contribution in [0.4, 0.5) is 5.69 Å². The van der Waals surface area contributed by atoms with Gasteiger partial charge in [-0.05, 0) is 48.2 Å². The van der Waals surface area contributed by atoms with Gasteiger partial charge in [0.15, 0.2) is 0 Å². The Bertz CT molecular complexity index is 723. The van der Waals surface area contributed by atoms with E-state index in [1.807, 2.05) is 12.5 Å². The largest absolute Gasteiger partial charge is 0.363 e. The molecule has 0 bridgehead atoms. The van der Waals surface area contributed by atoms with Crippen LogP contribution in [0.15, 0.2) is 15.7 Å². The van der Waals surface area contributed by atoms with Gasteiger partial charge in [0.1, 0.15) is 4.83 Å². The molecule has 2 rings (SSSR count). The Labute approximate surface area is 164 Å². The fourth-order valence-corrected chi connectivity index (χ4v) is 4.49. The molecule has 0 aliphatic carbocycles. The van der Waals surface area contributed by atoms with Gasteiger partial charge in [0, 0.05) is 34.0 Å². The van der Waals surface area contributed by atoms with Crippen molar-refractivity contribution in [2.24, 2.45) is 4.99 Å². The van der Waals surface area contributed by atoms with E-state index in [2.05, 4.69) is 60.6 Å². The number of fused-ring (bicyclic) bond motifs is 1. The molecule has 0 aliphatic rings. The smallest absolute Gasteiger partial charge is 0.126 e. The number of nitrogens with zero attached hydrogens (tertiary/aromatic N) is 3. The summed E-state index contributed by atoms with van der Waals surface area (Å²) in [6.07, 6.45) is 11.5. The van der Waals surface area contributed by atoms with Gasteiger partial charge < -0.3 is 4.90 Å². The fourth-order valence-electron chi connectivity index (χ4n) is 3.20. The zero-order valence-corrected chi connectivity index (χ0v) is 18.5. The van der Waals surface area contributed by atoms with Gasteiger partial charge in [-0.15, -0.1) is 11.3 Å². The topological polar surface area (TPSA) is 28.5 Å². The Morgan fingerprint density at radius 3 is 2.68 bits per heavy atom. The maximum atomic E-state index is 4.88. The summed E-state index contributed by atoms with van der Waals surface area (Å²) in [6, 6.07) is 0.580. The monoisotopic (exact) mass is 423 g/mol. The highest BCUT2D eigenvalue weighted by molar-refractivity contribution is 9.10. The van der Waals surface area contributed by atoms with Crippen molar-refractivity contribution in [3.63, 3.8) is 0 Å². The average Bonchev–Trinajstić information content (AvgIpc) is 2.91. The summed E-state index contributed by atoms with van der Waals surface area (Å²) >= 11 is 5.32. The number of unbranched alkanes of at least 4 members (excludes halogenated alkanes) is 2. The normalized spacial score (nSPS) is 13.0. The van der Waals surface area contributed by atoms with Crippen molar-refractivity contribution < 1.29 is 0 Å². The van der Waals surface area contributed by atoms with E-state index in [1.165, 1.54) is 54.4 Å². The number of aryl methyl sites for hydroxylation is 2. The lowest BCUT2D eigenvalue weighted by atomic mass is 10.0. The van der Waals surface area contributed by atoms with Crippen LogP contribution < -0.4 is 0 Å². The number of pyridine rings is 1. The molecule has 0 radical (unpaired) electrons. The number of aromatic nitrogens is 1. The number of halogens is 1. The molecule has 0 aliphatic heterocycles. The molecule has 2 aromatic rings. The molecule has 25 heavy (non-hydrogen) atoms. The van der Waals surface area contributed by atoms with E-state index in [4.69, 9.17) is 4.99 Å². The van der Waals surface area contributed by atoms with E-state index in [1.54, 1.807) is 11.3 Å². The second kappa shape index (κ2) is 9.67. The lowest BCUT2D eigenvalue weighted by molar-refractivity contribution is 0.322. The minimum absolute atomic E-state index is 0.580. The molecule has 1 unspecified atom stereocenters. The third kappa shape index (κ3) is 5.04. The molecule has 5 heteroatoms. The van der Waals surface area contributed by atoms with Crippen LogP contribution in [0.2, 0.25) is 0 Å². The third-order valence-electron chi connectivity index (χ3n) is 4.77. The molecule has 1 atom stereocenters. The van der Waals surface area contributed by atoms with Gasteiger partial charge in [-0.3, -0.25) is 0 Å². The Kier molecular flexibility index (Phi) is 7.88. The number of hydrogen-bond acceptors (Lipinski definition) is 3. The fraction of sp³-hybridized carbons (Fsp3) is 0.600. The summed E-state index contributed by atoms with van der Waals surface area (Å²) in [7, 11) is 2.17. The highest BCUT2D eigenvalue weighted by Gasteiger charge is 2.15. The van der Waals surface area contributed by atoms with E-state index in [0.29, 0.717) is 6.04 Å². The first-order valence-electron chi connectivity index (χ1n) is 9.29. The zero-order valence-electron chi connectivity index (χ0n) is 16.1. The van der Waals surface area contributed by atoms with Gasteiger partial charge >= 0.3 is 0 Å². The summed E-state index contributed by atoms with van der Waals surface area (Å²) in [4.78, 5) is 14.0. The molecule has 3 nitrogen and oxygen atoms in total. The molecule has 0 aromatic carbocycles. The lowest BCUT2D eigenvalue weighted by Gasteiger charge is -2.26. The summed E-state index contributed by atoms with van der Waals surface area (Å²) in [5.74, 6) is 0. The van der Waals surface area contributed by atoms with Crippen molar-refractivity contribution in [1.29, 1.82) is 0 Å². The molecule has 0 saturated heterocycles. The van der Waals surface area contributed by atoms with Crippen molar-refractivity contribution in [1.82, 2.24) is 9.88 Å². The van der Waals surface area contributed by atoms with E-state index < -0.39 is 0 Å². The van der Waals surface area contributed by atoms with Gasteiger partial charge in [-0.1, -0.05) is 39.5 Å². The van der Waals surface area contributed by atoms with E-state index >= 15 is 0 Å². The molecular formula is C20H30BrN3S. The number of aliphatic imine (C=N–C) groups is 1. The molecule has 0 fully saturated rings. The van der Waals surface area contributed by atoms with Crippen molar-refractivity contribution >= 4 is 49.5 Å². The predicted molar refractivity (Wildman–Crippen MR) is 116 cm³/mol. The first kappa shape index (κ1) is 20.4. The van der Waals surface area contributed by atoms with Crippen LogP contribution in [0.5, 0.6) is 0 Å². The van der Waals surface area contributed by atoms with Crippen LogP contribution >= 0.6 is 27.3 Å². The molecule has 0 saturated carbocycles. The van der Waals surface area contributed by atoms with Gasteiger partial charge in [0.2, 0.25) is 0 Å². The van der Waals surface area contributed by atoms with Crippen LogP contribution in [0.3, 0.4) is 0 Å². The predicted octanol–water partition coefficient (Wildman–Crippen LogP) is 7.02. The van der Waals surface area contributed by atoms with Gasteiger partial charge in [0.05, 0.1) is 12.0 Å². The van der Waals surface area contributed by atoms with Gasteiger partial charge in [0.25, 0.3) is 0 Å². The number of hydrogen-bond donors (Lipinski definition) is 0. The Hall–Kier alpha value is -0.940. The highest BCUT2D eigenvalue weighted by atomic mass is 79.9. The standard InChI is InChI=1S/C20H30BrN3S/c1-6-8-9-11-16(10-7-2)24(5)13-23-19-15(4)25-20-18(19)14(3)17(21)12-22-20/h12-13,16H,6-11H2,1-5H3. The Morgan fingerprint density at radius 2 is 2.00 bits per heavy atom. The van der Waals surface area contributed by atoms with E-state index in [-0.39, 0.29) is 0 Å². The van der Waals surface area contributed by atoms with Crippen molar-refractivity contribution in [3.8, 4) is 0 Å². The molecule has 2 heterocycles. The van der Waals surface area contributed by atoms with E-state index in [0.717, 1.165) is 15.0 Å². The van der Waals surface area contributed by atoms with Crippen LogP contribution in [-0.4, -0.2) is 29.3 Å². The molecule has 0 spiro atoms. The summed E-state index contributed by atoms with van der Waals surface area (Å²) < 4.78 is 1.05. The second-order valence-electron chi connectivity index (χ2n) is 6.77. The first-order valence-corrected chi connectivity index (χ1v) is 10.9.